The number of esters is 2. The van der Waals surface area contributed by atoms with E-state index in [0.29, 0.717) is 30.0 Å². The number of unbranched alkanes of at least 4 members (excludes halogenated alkanes) is 1. The van der Waals surface area contributed by atoms with Gasteiger partial charge in [0.25, 0.3) is 5.69 Å². The smallest absolute Gasteiger partial charge is 0.336 e. The van der Waals surface area contributed by atoms with Gasteiger partial charge < -0.3 is 19.5 Å². The number of hydrogen-bond acceptors (Lipinski definition) is 9. The molecular formula is C31H39N3O7. The molecule has 1 heterocycles. The van der Waals surface area contributed by atoms with Crippen molar-refractivity contribution in [2.24, 2.45) is 0 Å². The minimum atomic E-state index is -0.882. The number of methoxy groups -OCH3 is 1. The van der Waals surface area contributed by atoms with Gasteiger partial charge in [0.15, 0.2) is 0 Å². The third-order valence-corrected chi connectivity index (χ3v) is 6.90. The fourth-order valence-corrected chi connectivity index (χ4v) is 4.85. The van der Waals surface area contributed by atoms with Gasteiger partial charge in [-0.2, -0.15) is 0 Å². The zero-order valence-electron chi connectivity index (χ0n) is 24.2. The number of nitrogens with zero attached hydrogens (tertiary/aromatic N) is 2. The molecule has 2 aromatic carbocycles. The number of ether oxygens (including phenoxy) is 3. The predicted octanol–water partition coefficient (Wildman–Crippen LogP) is 5.12. The quantitative estimate of drug-likeness (QED) is 0.136. The molecule has 1 N–H and O–H groups in total. The van der Waals surface area contributed by atoms with Gasteiger partial charge in [0, 0.05) is 36.6 Å². The van der Waals surface area contributed by atoms with Crippen LogP contribution in [0.4, 0.5) is 5.69 Å². The first kappa shape index (κ1) is 31.3. The Labute approximate surface area is 241 Å². The minimum Gasteiger partial charge on any atom is -0.492 e. The molecule has 1 atom stereocenters. The molecule has 1 unspecified atom stereocenters. The van der Waals surface area contributed by atoms with Crippen LogP contribution in [0.5, 0.6) is 5.75 Å². The number of para-hydroxylation sites is 1. The molecule has 3 rings (SSSR count). The molecule has 1 aliphatic rings. The normalized spacial score (nSPS) is 15.0. The Kier molecular flexibility index (Phi) is 11.9. The average molecular weight is 566 g/mol. The molecular weight excluding hydrogens is 526 g/mol. The third kappa shape index (κ3) is 8.65. The molecule has 10 heteroatoms. The molecule has 0 saturated carbocycles. The van der Waals surface area contributed by atoms with Gasteiger partial charge in [-0.1, -0.05) is 43.7 Å². The SMILES string of the molecule is CCCCN(CCCOC(=O)C1=C(C)NC(C)=C(C(=O)OC)C1c1cccc([N+](=O)[O-])c1)CCOc1ccccc1. The summed E-state index contributed by atoms with van der Waals surface area (Å²) in [4.78, 5) is 39.5. The number of carbonyl (C=O) groups is 2. The number of rotatable bonds is 15. The molecule has 41 heavy (non-hydrogen) atoms. The third-order valence-electron chi connectivity index (χ3n) is 6.90. The van der Waals surface area contributed by atoms with Crippen molar-refractivity contribution >= 4 is 17.6 Å². The summed E-state index contributed by atoms with van der Waals surface area (Å²) in [6.45, 7) is 8.68. The highest BCUT2D eigenvalue weighted by atomic mass is 16.6. The number of benzene rings is 2. The van der Waals surface area contributed by atoms with E-state index in [9.17, 15) is 19.7 Å². The van der Waals surface area contributed by atoms with Crippen LogP contribution in [0, 0.1) is 10.1 Å². The van der Waals surface area contributed by atoms with E-state index in [-0.39, 0.29) is 23.4 Å². The highest BCUT2D eigenvalue weighted by molar-refractivity contribution is 5.99. The van der Waals surface area contributed by atoms with E-state index in [1.807, 2.05) is 30.3 Å². The fourth-order valence-electron chi connectivity index (χ4n) is 4.85. The second kappa shape index (κ2) is 15.6. The first-order valence-corrected chi connectivity index (χ1v) is 13.8. The van der Waals surface area contributed by atoms with E-state index < -0.39 is 22.8 Å². The van der Waals surface area contributed by atoms with Crippen molar-refractivity contribution in [1.82, 2.24) is 10.2 Å². The summed E-state index contributed by atoms with van der Waals surface area (Å²) in [6, 6.07) is 15.6. The molecule has 2 aromatic rings. The van der Waals surface area contributed by atoms with Crippen molar-refractivity contribution < 1.29 is 28.7 Å². The van der Waals surface area contributed by atoms with Crippen LogP contribution in [0.2, 0.25) is 0 Å². The maximum Gasteiger partial charge on any atom is 0.336 e. The summed E-state index contributed by atoms with van der Waals surface area (Å²) in [6.07, 6.45) is 2.73. The van der Waals surface area contributed by atoms with E-state index >= 15 is 0 Å². The molecule has 0 spiro atoms. The number of carbonyl (C=O) groups excluding carboxylic acids is 2. The maximum absolute atomic E-state index is 13.5. The van der Waals surface area contributed by atoms with Gasteiger partial charge in [-0.05, 0) is 50.9 Å². The van der Waals surface area contributed by atoms with Crippen LogP contribution in [0.15, 0.2) is 77.1 Å². The number of nitrogens with one attached hydrogen (secondary N) is 1. The second-order valence-corrected chi connectivity index (χ2v) is 9.83. The fraction of sp³-hybridized carbons (Fsp3) is 0.419. The number of allylic oxidation sites excluding steroid dienone is 2. The van der Waals surface area contributed by atoms with Crippen LogP contribution in [0.3, 0.4) is 0 Å². The van der Waals surface area contributed by atoms with Crippen LogP contribution in [-0.4, -0.2) is 61.7 Å². The van der Waals surface area contributed by atoms with Crippen LogP contribution >= 0.6 is 0 Å². The summed E-state index contributed by atoms with van der Waals surface area (Å²) < 4.78 is 16.6. The summed E-state index contributed by atoms with van der Waals surface area (Å²) in [5, 5.41) is 14.5. The molecule has 0 saturated heterocycles. The highest BCUT2D eigenvalue weighted by Gasteiger charge is 2.38. The van der Waals surface area contributed by atoms with Crippen molar-refractivity contribution in [3.63, 3.8) is 0 Å². The molecule has 10 nitrogen and oxygen atoms in total. The van der Waals surface area contributed by atoms with E-state index in [4.69, 9.17) is 14.2 Å². The molecule has 1 aliphatic heterocycles. The first-order chi connectivity index (χ1) is 19.8. The predicted molar refractivity (Wildman–Crippen MR) is 155 cm³/mol. The molecule has 0 amide bonds. The number of dihydropyridines is 1. The Bertz CT molecular complexity index is 1270. The Morgan fingerprint density at radius 3 is 2.27 bits per heavy atom. The van der Waals surface area contributed by atoms with Gasteiger partial charge in [0.2, 0.25) is 0 Å². The van der Waals surface area contributed by atoms with Gasteiger partial charge in [-0.25, -0.2) is 9.59 Å². The zero-order chi connectivity index (χ0) is 29.8. The van der Waals surface area contributed by atoms with Crippen LogP contribution in [-0.2, 0) is 19.1 Å². The topological polar surface area (TPSA) is 120 Å². The Balaban J connectivity index is 1.69. The lowest BCUT2D eigenvalue weighted by atomic mass is 9.80. The van der Waals surface area contributed by atoms with Gasteiger partial charge in [-0.15, -0.1) is 0 Å². The van der Waals surface area contributed by atoms with Gasteiger partial charge in [0.05, 0.1) is 35.7 Å². The Hall–Kier alpha value is -4.18. The molecule has 0 radical (unpaired) electrons. The van der Waals surface area contributed by atoms with E-state index in [1.54, 1.807) is 19.9 Å². The van der Waals surface area contributed by atoms with E-state index in [0.717, 1.165) is 38.2 Å². The molecule has 0 fully saturated rings. The van der Waals surface area contributed by atoms with E-state index in [2.05, 4.69) is 17.1 Å². The number of hydrogen-bond donors (Lipinski definition) is 1. The Morgan fingerprint density at radius 2 is 1.61 bits per heavy atom. The summed E-state index contributed by atoms with van der Waals surface area (Å²) >= 11 is 0. The van der Waals surface area contributed by atoms with Crippen molar-refractivity contribution in [1.29, 1.82) is 0 Å². The summed E-state index contributed by atoms with van der Waals surface area (Å²) in [7, 11) is 1.26. The van der Waals surface area contributed by atoms with Crippen molar-refractivity contribution in [2.45, 2.75) is 46.0 Å². The highest BCUT2D eigenvalue weighted by Crippen LogP contribution is 2.40. The van der Waals surface area contributed by atoms with Crippen LogP contribution < -0.4 is 10.1 Å². The standard InChI is InChI=1S/C31H39N3O7/c1-5-6-16-33(18-20-40-26-14-8-7-9-15-26)17-11-19-41-31(36)28-23(3)32-22(2)27(30(35)39-4)29(28)24-12-10-13-25(21-24)34(37)38/h7-10,12-15,21,29,32H,5-6,11,16-20H2,1-4H3. The van der Waals surface area contributed by atoms with Crippen molar-refractivity contribution in [2.75, 3.05) is 40.0 Å². The number of non-ortho nitro benzene ring substituents is 1. The van der Waals surface area contributed by atoms with Gasteiger partial charge >= 0.3 is 11.9 Å². The summed E-state index contributed by atoms with van der Waals surface area (Å²) in [5.41, 5.74) is 1.73. The lowest BCUT2D eigenvalue weighted by Gasteiger charge is -2.30. The number of nitro groups is 1. The minimum absolute atomic E-state index is 0.142. The Morgan fingerprint density at radius 1 is 0.927 bits per heavy atom. The second-order valence-electron chi connectivity index (χ2n) is 9.83. The lowest BCUT2D eigenvalue weighted by molar-refractivity contribution is -0.384. The molecule has 0 aromatic heterocycles. The van der Waals surface area contributed by atoms with Crippen LogP contribution in [0.25, 0.3) is 0 Å². The van der Waals surface area contributed by atoms with E-state index in [1.165, 1.54) is 25.3 Å². The van der Waals surface area contributed by atoms with Gasteiger partial charge in [-0.3, -0.25) is 15.0 Å². The number of nitro benzene ring substituents is 1. The summed E-state index contributed by atoms with van der Waals surface area (Å²) in [5.74, 6) is -1.27. The van der Waals surface area contributed by atoms with Crippen molar-refractivity contribution in [3.8, 4) is 5.75 Å². The molecule has 220 valence electrons. The van der Waals surface area contributed by atoms with Crippen LogP contribution in [0.1, 0.15) is 51.5 Å². The van der Waals surface area contributed by atoms with Gasteiger partial charge in [0.1, 0.15) is 12.4 Å². The lowest BCUT2D eigenvalue weighted by Crippen LogP contribution is -2.33. The molecule has 0 bridgehead atoms. The largest absolute Gasteiger partial charge is 0.492 e. The van der Waals surface area contributed by atoms with Crippen molar-refractivity contribution in [3.05, 3.63) is 92.8 Å². The maximum atomic E-state index is 13.5. The molecule has 0 aliphatic carbocycles. The average Bonchev–Trinajstić information content (AvgIpc) is 2.97. The first-order valence-electron chi connectivity index (χ1n) is 13.8. The monoisotopic (exact) mass is 565 g/mol. The zero-order valence-corrected chi connectivity index (χ0v) is 24.2.